The molecule has 16 heavy (non-hydrogen) atoms. The highest BCUT2D eigenvalue weighted by molar-refractivity contribution is 7.84. The number of hydrogen-bond donors (Lipinski definition) is 0. The van der Waals surface area contributed by atoms with E-state index in [0.717, 1.165) is 21.1 Å². The number of hydrogen-bond acceptors (Lipinski definition) is 3. The van der Waals surface area contributed by atoms with Crippen molar-refractivity contribution >= 4 is 22.1 Å². The monoisotopic (exact) mass is 252 g/mol. The largest absolute Gasteiger partial charge is 0.496 e. The van der Waals surface area contributed by atoms with Gasteiger partial charge in [0.2, 0.25) is 0 Å². The third-order valence-electron chi connectivity index (χ3n) is 2.29. The molecule has 0 spiro atoms. The highest BCUT2D eigenvalue weighted by atomic mass is 32.2. The van der Waals surface area contributed by atoms with E-state index in [1.165, 1.54) is 0 Å². The van der Waals surface area contributed by atoms with Crippen LogP contribution in [0.3, 0.4) is 0 Å². The molecule has 0 aliphatic carbocycles. The van der Waals surface area contributed by atoms with E-state index in [9.17, 15) is 4.21 Å². The van der Waals surface area contributed by atoms with Crippen LogP contribution in [0.5, 0.6) is 5.75 Å². The zero-order valence-corrected chi connectivity index (χ0v) is 10.7. The molecule has 0 bridgehead atoms. The third kappa shape index (κ3) is 2.03. The molecule has 4 heteroatoms. The van der Waals surface area contributed by atoms with Crippen molar-refractivity contribution in [1.29, 1.82) is 0 Å². The lowest BCUT2D eigenvalue weighted by molar-refractivity contribution is 0.416. The van der Waals surface area contributed by atoms with Gasteiger partial charge in [0, 0.05) is 11.8 Å². The Balaban J connectivity index is 2.58. The first-order valence-electron chi connectivity index (χ1n) is 4.78. The summed E-state index contributed by atoms with van der Waals surface area (Å²) in [4.78, 5) is 1.90. The van der Waals surface area contributed by atoms with Crippen molar-refractivity contribution in [3.63, 3.8) is 0 Å². The van der Waals surface area contributed by atoms with E-state index < -0.39 is 10.8 Å². The van der Waals surface area contributed by atoms with E-state index in [-0.39, 0.29) is 0 Å². The second-order valence-corrected chi connectivity index (χ2v) is 5.53. The van der Waals surface area contributed by atoms with Gasteiger partial charge in [0.15, 0.2) is 0 Å². The summed E-state index contributed by atoms with van der Waals surface area (Å²) in [6.07, 6.45) is 1.70. The predicted octanol–water partition coefficient (Wildman–Crippen LogP) is 3.16. The predicted molar refractivity (Wildman–Crippen MR) is 68.6 cm³/mol. The fourth-order valence-electron chi connectivity index (χ4n) is 1.55. The molecular formula is C12H12O2S2. The third-order valence-corrected chi connectivity index (χ3v) is 4.33. The van der Waals surface area contributed by atoms with Crippen LogP contribution in [0.1, 0.15) is 0 Å². The van der Waals surface area contributed by atoms with Crippen molar-refractivity contribution in [3.8, 4) is 16.2 Å². The van der Waals surface area contributed by atoms with Crippen LogP contribution in [0.2, 0.25) is 0 Å². The number of benzene rings is 1. The van der Waals surface area contributed by atoms with Gasteiger partial charge in [-0.1, -0.05) is 12.1 Å². The van der Waals surface area contributed by atoms with Crippen molar-refractivity contribution in [2.75, 3.05) is 13.4 Å². The highest BCUT2D eigenvalue weighted by Gasteiger charge is 2.13. The second-order valence-electron chi connectivity index (χ2n) is 3.27. The molecule has 1 unspecified atom stereocenters. The quantitative estimate of drug-likeness (QED) is 0.838. The minimum absolute atomic E-state index is 0.816. The van der Waals surface area contributed by atoms with Gasteiger partial charge in [-0.25, -0.2) is 0 Å². The molecule has 0 amide bonds. The summed E-state index contributed by atoms with van der Waals surface area (Å²) in [6.45, 7) is 0. The molecule has 2 rings (SSSR count). The molecule has 1 aromatic carbocycles. The van der Waals surface area contributed by atoms with Gasteiger partial charge in [0.05, 0.1) is 27.7 Å². The summed E-state index contributed by atoms with van der Waals surface area (Å²) in [7, 11) is 0.683. The first kappa shape index (κ1) is 11.4. The van der Waals surface area contributed by atoms with Crippen LogP contribution in [-0.4, -0.2) is 17.6 Å². The van der Waals surface area contributed by atoms with Crippen LogP contribution in [-0.2, 0) is 10.8 Å². The molecule has 1 heterocycles. The molecule has 1 atom stereocenters. The number of ether oxygens (including phenoxy) is 1. The molecule has 0 N–H and O–H groups in total. The van der Waals surface area contributed by atoms with Crippen molar-refractivity contribution < 1.29 is 8.95 Å². The Morgan fingerprint density at radius 2 is 2.00 bits per heavy atom. The molecule has 0 saturated heterocycles. The Bertz CT molecular complexity index is 517. The molecule has 0 fully saturated rings. The molecule has 0 radical (unpaired) electrons. The SMILES string of the molecule is COc1ccccc1-c1sccc1S(C)=O. The van der Waals surface area contributed by atoms with E-state index >= 15 is 0 Å². The van der Waals surface area contributed by atoms with Crippen LogP contribution in [0, 0.1) is 0 Å². The van der Waals surface area contributed by atoms with Gasteiger partial charge in [0.25, 0.3) is 0 Å². The zero-order chi connectivity index (χ0) is 11.5. The van der Waals surface area contributed by atoms with E-state index in [2.05, 4.69) is 0 Å². The lowest BCUT2D eigenvalue weighted by Crippen LogP contribution is -1.90. The van der Waals surface area contributed by atoms with Crippen LogP contribution >= 0.6 is 11.3 Å². The summed E-state index contributed by atoms with van der Waals surface area (Å²) in [5, 5.41) is 1.96. The highest BCUT2D eigenvalue weighted by Crippen LogP contribution is 2.37. The average Bonchev–Trinajstić information content (AvgIpc) is 2.77. The van der Waals surface area contributed by atoms with Crippen LogP contribution in [0.15, 0.2) is 40.6 Å². The smallest absolute Gasteiger partial charge is 0.127 e. The minimum atomic E-state index is -0.965. The first-order chi connectivity index (χ1) is 7.74. The van der Waals surface area contributed by atoms with Crippen molar-refractivity contribution in [2.24, 2.45) is 0 Å². The van der Waals surface area contributed by atoms with E-state index in [0.29, 0.717) is 0 Å². The summed E-state index contributed by atoms with van der Waals surface area (Å²) >= 11 is 1.59. The van der Waals surface area contributed by atoms with Gasteiger partial charge >= 0.3 is 0 Å². The zero-order valence-electron chi connectivity index (χ0n) is 9.10. The van der Waals surface area contributed by atoms with Crippen LogP contribution in [0.25, 0.3) is 10.4 Å². The van der Waals surface area contributed by atoms with Crippen molar-refractivity contribution in [2.45, 2.75) is 4.90 Å². The molecule has 2 nitrogen and oxygen atoms in total. The molecule has 0 saturated carbocycles. The van der Waals surface area contributed by atoms with Crippen LogP contribution < -0.4 is 4.74 Å². The second kappa shape index (κ2) is 4.80. The molecular weight excluding hydrogens is 240 g/mol. The lowest BCUT2D eigenvalue weighted by Gasteiger charge is -2.07. The van der Waals surface area contributed by atoms with E-state index in [1.54, 1.807) is 24.7 Å². The van der Waals surface area contributed by atoms with Gasteiger partial charge in [-0.05, 0) is 23.6 Å². The molecule has 0 aliphatic rings. The maximum atomic E-state index is 11.6. The fourth-order valence-corrected chi connectivity index (χ4v) is 3.59. The van der Waals surface area contributed by atoms with Gasteiger partial charge in [-0.3, -0.25) is 4.21 Å². The average molecular weight is 252 g/mol. The Hall–Kier alpha value is -1.13. The standard InChI is InChI=1S/C12H12O2S2/c1-14-10-6-4-3-5-9(10)12-11(16(2)13)7-8-15-12/h3-8H,1-2H3. The fraction of sp³-hybridized carbons (Fsp3) is 0.167. The Morgan fingerprint density at radius 1 is 1.25 bits per heavy atom. The Kier molecular flexibility index (Phi) is 3.41. The Labute approximate surface area is 101 Å². The molecule has 1 aromatic heterocycles. The lowest BCUT2D eigenvalue weighted by atomic mass is 10.1. The summed E-state index contributed by atoms with van der Waals surface area (Å²) < 4.78 is 16.9. The first-order valence-corrected chi connectivity index (χ1v) is 7.22. The van der Waals surface area contributed by atoms with Crippen molar-refractivity contribution in [3.05, 3.63) is 35.7 Å². The van der Waals surface area contributed by atoms with Gasteiger partial charge < -0.3 is 4.74 Å². The normalized spacial score (nSPS) is 12.4. The van der Waals surface area contributed by atoms with Crippen LogP contribution in [0.4, 0.5) is 0 Å². The number of methoxy groups -OCH3 is 1. The topological polar surface area (TPSA) is 26.3 Å². The Morgan fingerprint density at radius 3 is 2.69 bits per heavy atom. The maximum absolute atomic E-state index is 11.6. The summed E-state index contributed by atoms with van der Waals surface area (Å²) in [5.41, 5.74) is 1.00. The maximum Gasteiger partial charge on any atom is 0.127 e. The number of rotatable bonds is 3. The van der Waals surface area contributed by atoms with E-state index in [4.69, 9.17) is 4.74 Å². The van der Waals surface area contributed by atoms with Gasteiger partial charge in [0.1, 0.15) is 5.75 Å². The van der Waals surface area contributed by atoms with Gasteiger partial charge in [-0.15, -0.1) is 11.3 Å². The minimum Gasteiger partial charge on any atom is -0.496 e. The van der Waals surface area contributed by atoms with Gasteiger partial charge in [-0.2, -0.15) is 0 Å². The van der Waals surface area contributed by atoms with E-state index in [1.807, 2.05) is 35.7 Å². The summed E-state index contributed by atoms with van der Waals surface area (Å²) in [6, 6.07) is 9.69. The van der Waals surface area contributed by atoms with Crippen molar-refractivity contribution in [1.82, 2.24) is 0 Å². The number of thiophene rings is 1. The molecule has 0 aliphatic heterocycles. The molecule has 84 valence electrons. The molecule has 2 aromatic rings. The summed E-state index contributed by atoms with van der Waals surface area (Å²) in [5.74, 6) is 0.816. The number of para-hydroxylation sites is 1.